The largest absolute Gasteiger partial charge is 0.371 e. The molecule has 0 aromatic carbocycles. The average molecular weight is 329 g/mol. The monoisotopic (exact) mass is 329 g/mol. The number of rotatable bonds is 5. The van der Waals surface area contributed by atoms with E-state index >= 15 is 0 Å². The number of carbonyl (C=O) groups is 1. The summed E-state index contributed by atoms with van der Waals surface area (Å²) >= 11 is 1.52. The van der Waals surface area contributed by atoms with Crippen LogP contribution >= 0.6 is 11.3 Å². The number of hydrogen-bond donors (Lipinski definition) is 0. The third kappa shape index (κ3) is 3.28. The predicted octanol–water partition coefficient (Wildman–Crippen LogP) is 3.45. The second-order valence-electron chi connectivity index (χ2n) is 6.14. The van der Waals surface area contributed by atoms with E-state index in [1.165, 1.54) is 24.2 Å². The summed E-state index contributed by atoms with van der Waals surface area (Å²) in [7, 11) is 0. The summed E-state index contributed by atoms with van der Waals surface area (Å²) in [5.74, 6) is 0.570. The van der Waals surface area contributed by atoms with E-state index in [2.05, 4.69) is 9.97 Å². The van der Waals surface area contributed by atoms with Gasteiger partial charge in [0.1, 0.15) is 16.8 Å². The summed E-state index contributed by atoms with van der Waals surface area (Å²) in [6, 6.07) is 3.79. The van der Waals surface area contributed by atoms with Crippen molar-refractivity contribution >= 4 is 22.9 Å². The lowest BCUT2D eigenvalue weighted by Crippen LogP contribution is -2.33. The molecule has 1 saturated carbocycles. The average Bonchev–Trinajstić information content (AvgIpc) is 3.06. The first-order valence-corrected chi connectivity index (χ1v) is 8.98. The van der Waals surface area contributed by atoms with Crippen molar-refractivity contribution in [1.29, 1.82) is 0 Å². The molecule has 1 aliphatic heterocycles. The Bertz CT molecular complexity index is 678. The fraction of sp³-hybridized carbons (Fsp3) is 0.471. The Kier molecular flexibility index (Phi) is 4.10. The smallest absolute Gasteiger partial charge is 0.277 e. The summed E-state index contributed by atoms with van der Waals surface area (Å²) in [4.78, 5) is 23.5. The zero-order valence-corrected chi connectivity index (χ0v) is 13.7. The Balaban J connectivity index is 1.56. The van der Waals surface area contributed by atoms with Crippen LogP contribution in [0.25, 0.3) is 0 Å². The molecule has 3 heterocycles. The number of ether oxygens (including phenoxy) is 1. The summed E-state index contributed by atoms with van der Waals surface area (Å²) in [5.41, 5.74) is 1.36. The van der Waals surface area contributed by atoms with Crippen LogP contribution in [-0.4, -0.2) is 29.0 Å². The Hall–Kier alpha value is -1.79. The number of nitrogens with zero attached hydrogens (tertiary/aromatic N) is 3. The molecule has 1 saturated heterocycles. The number of pyridine rings is 1. The van der Waals surface area contributed by atoms with Crippen molar-refractivity contribution in [3.8, 4) is 0 Å². The second kappa shape index (κ2) is 6.37. The van der Waals surface area contributed by atoms with Crippen LogP contribution < -0.4 is 4.90 Å². The Labute approximate surface area is 139 Å². The number of carbonyl (C=O) groups excluding carboxylic acids is 1. The molecule has 1 aliphatic carbocycles. The minimum atomic E-state index is -0.0367. The molecule has 0 N–H and O–H groups in total. The highest BCUT2D eigenvalue weighted by molar-refractivity contribution is 7.09. The van der Waals surface area contributed by atoms with Gasteiger partial charge in [0.2, 0.25) is 0 Å². The molecule has 4 rings (SSSR count). The summed E-state index contributed by atoms with van der Waals surface area (Å²) in [6.07, 6.45) is 7.99. The van der Waals surface area contributed by atoms with Crippen LogP contribution in [0.1, 0.15) is 47.3 Å². The van der Waals surface area contributed by atoms with Gasteiger partial charge < -0.3 is 9.64 Å². The Morgan fingerprint density at radius 1 is 1.39 bits per heavy atom. The van der Waals surface area contributed by atoms with Gasteiger partial charge in [-0.1, -0.05) is 0 Å². The minimum absolute atomic E-state index is 0.0367. The van der Waals surface area contributed by atoms with Gasteiger partial charge in [-0.05, 0) is 43.7 Å². The molecule has 2 aromatic heterocycles. The van der Waals surface area contributed by atoms with Gasteiger partial charge in [-0.2, -0.15) is 0 Å². The van der Waals surface area contributed by atoms with Crippen LogP contribution in [0.15, 0.2) is 29.9 Å². The maximum atomic E-state index is 12.9. The van der Waals surface area contributed by atoms with Crippen molar-refractivity contribution in [2.24, 2.45) is 5.92 Å². The van der Waals surface area contributed by atoms with Crippen molar-refractivity contribution in [1.82, 2.24) is 9.97 Å². The fourth-order valence-electron chi connectivity index (χ4n) is 2.82. The van der Waals surface area contributed by atoms with Crippen molar-refractivity contribution in [2.45, 2.75) is 31.8 Å². The van der Waals surface area contributed by atoms with E-state index in [0.29, 0.717) is 11.6 Å². The van der Waals surface area contributed by atoms with E-state index in [1.54, 1.807) is 12.4 Å². The minimum Gasteiger partial charge on any atom is -0.371 e. The molecule has 2 aliphatic rings. The first kappa shape index (κ1) is 14.8. The van der Waals surface area contributed by atoms with Crippen molar-refractivity contribution < 1.29 is 9.53 Å². The first-order chi connectivity index (χ1) is 11.3. The molecule has 0 bridgehead atoms. The topological polar surface area (TPSA) is 55.3 Å². The maximum absolute atomic E-state index is 12.9. The molecule has 120 valence electrons. The highest BCUT2D eigenvalue weighted by atomic mass is 32.1. The van der Waals surface area contributed by atoms with E-state index < -0.39 is 0 Å². The lowest BCUT2D eigenvalue weighted by atomic mass is 10.2. The zero-order chi connectivity index (χ0) is 15.6. The van der Waals surface area contributed by atoms with Crippen LogP contribution in [0.5, 0.6) is 0 Å². The molecule has 23 heavy (non-hydrogen) atoms. The fourth-order valence-corrected chi connectivity index (χ4v) is 3.70. The summed E-state index contributed by atoms with van der Waals surface area (Å²) in [6.45, 7) is 1.54. The van der Waals surface area contributed by atoms with Crippen LogP contribution in [0.4, 0.5) is 5.69 Å². The molecule has 2 aromatic rings. The molecular weight excluding hydrogens is 310 g/mol. The quantitative estimate of drug-likeness (QED) is 0.843. The van der Waals surface area contributed by atoms with Crippen LogP contribution in [0, 0.1) is 5.92 Å². The third-order valence-electron chi connectivity index (χ3n) is 4.29. The van der Waals surface area contributed by atoms with Crippen LogP contribution in [0.2, 0.25) is 0 Å². The van der Waals surface area contributed by atoms with Gasteiger partial charge in [-0.3, -0.25) is 9.78 Å². The predicted molar refractivity (Wildman–Crippen MR) is 88.7 cm³/mol. The number of hydrogen-bond acceptors (Lipinski definition) is 5. The van der Waals surface area contributed by atoms with Gasteiger partial charge in [-0.25, -0.2) is 4.98 Å². The molecule has 0 spiro atoms. The van der Waals surface area contributed by atoms with Crippen LogP contribution in [-0.2, 0) is 4.74 Å². The highest BCUT2D eigenvalue weighted by Gasteiger charge is 2.30. The molecule has 1 amide bonds. The van der Waals surface area contributed by atoms with E-state index in [4.69, 9.17) is 4.74 Å². The van der Waals surface area contributed by atoms with Crippen molar-refractivity contribution in [3.05, 3.63) is 40.6 Å². The van der Waals surface area contributed by atoms with Gasteiger partial charge in [0, 0.05) is 24.7 Å². The van der Waals surface area contributed by atoms with Crippen molar-refractivity contribution in [3.63, 3.8) is 0 Å². The van der Waals surface area contributed by atoms with E-state index in [-0.39, 0.29) is 12.0 Å². The summed E-state index contributed by atoms with van der Waals surface area (Å²) < 4.78 is 5.66. The number of aromatic nitrogens is 2. The van der Waals surface area contributed by atoms with E-state index in [9.17, 15) is 4.79 Å². The molecular formula is C17H19N3O2S. The standard InChI is InChI=1S/C17H19N3O2S/c21-17(14-11-23-16(19-14)15-4-2-8-22-15)20(10-12-5-6-12)13-3-1-7-18-9-13/h1,3,7,9,11-12,15H,2,4-6,8,10H2/t15-/m1/s1. The maximum Gasteiger partial charge on any atom is 0.277 e. The van der Waals surface area contributed by atoms with Crippen molar-refractivity contribution in [2.75, 3.05) is 18.1 Å². The van der Waals surface area contributed by atoms with Gasteiger partial charge >= 0.3 is 0 Å². The molecule has 5 nitrogen and oxygen atoms in total. The molecule has 6 heteroatoms. The van der Waals surface area contributed by atoms with E-state index in [0.717, 1.165) is 36.7 Å². The number of anilines is 1. The highest BCUT2D eigenvalue weighted by Crippen LogP contribution is 2.33. The number of amides is 1. The van der Waals surface area contributed by atoms with E-state index in [1.807, 2.05) is 22.4 Å². The molecule has 2 fully saturated rings. The Morgan fingerprint density at radius 2 is 2.30 bits per heavy atom. The number of thiazole rings is 1. The van der Waals surface area contributed by atoms with Crippen LogP contribution in [0.3, 0.4) is 0 Å². The zero-order valence-electron chi connectivity index (χ0n) is 12.9. The second-order valence-corrected chi connectivity index (χ2v) is 7.03. The SMILES string of the molecule is O=C(c1csc([C@H]2CCCO2)n1)N(CC1CC1)c1cccnc1. The molecule has 0 radical (unpaired) electrons. The summed E-state index contributed by atoms with van der Waals surface area (Å²) in [5, 5.41) is 2.78. The first-order valence-electron chi connectivity index (χ1n) is 8.10. The Morgan fingerprint density at radius 3 is 3.00 bits per heavy atom. The normalized spacial score (nSPS) is 20.6. The third-order valence-corrected chi connectivity index (χ3v) is 5.22. The molecule has 0 unspecified atom stereocenters. The molecule has 1 atom stereocenters. The lowest BCUT2D eigenvalue weighted by Gasteiger charge is -2.21. The lowest BCUT2D eigenvalue weighted by molar-refractivity contribution is 0.0977. The van der Waals surface area contributed by atoms with Gasteiger partial charge in [0.25, 0.3) is 5.91 Å². The van der Waals surface area contributed by atoms with Gasteiger partial charge in [0.15, 0.2) is 0 Å². The van der Waals surface area contributed by atoms with Gasteiger partial charge in [0.05, 0.1) is 11.9 Å². The van der Waals surface area contributed by atoms with Gasteiger partial charge in [-0.15, -0.1) is 11.3 Å².